The fourth-order valence-electron chi connectivity index (χ4n) is 2.70. The van der Waals surface area contributed by atoms with Crippen LogP contribution in [0.2, 0.25) is 0 Å². The highest BCUT2D eigenvalue weighted by Crippen LogP contribution is 2.22. The van der Waals surface area contributed by atoms with Crippen molar-refractivity contribution in [1.29, 1.82) is 0 Å². The van der Waals surface area contributed by atoms with Gasteiger partial charge in [0.05, 0.1) is 5.56 Å². The molecule has 0 aliphatic carbocycles. The maximum Gasteiger partial charge on any atom is 0.339 e. The van der Waals surface area contributed by atoms with Gasteiger partial charge in [-0.1, -0.05) is 24.3 Å². The predicted octanol–water partition coefficient (Wildman–Crippen LogP) is 1.99. The first-order valence-corrected chi connectivity index (χ1v) is 8.05. The molecule has 1 heterocycles. The molecule has 0 radical (unpaired) electrons. The van der Waals surface area contributed by atoms with Crippen molar-refractivity contribution in [3.63, 3.8) is 0 Å². The molecule has 2 N–H and O–H groups in total. The molecule has 1 aliphatic heterocycles. The molecule has 7 heteroatoms. The summed E-state index contributed by atoms with van der Waals surface area (Å²) in [6.45, 7) is -0.0615. The van der Waals surface area contributed by atoms with Crippen molar-refractivity contribution in [1.82, 2.24) is 0 Å². The predicted molar refractivity (Wildman–Crippen MR) is 94.9 cm³/mol. The molecule has 2 amide bonds. The molecule has 0 aromatic heterocycles. The molecule has 26 heavy (non-hydrogen) atoms. The standard InChI is InChI=1S/C19H18N2O5/c1-25-11-17(22)20-13-6-4-7-14(10-13)21-18(23)16-9-12-5-2-3-8-15(12)19(24)26-16/h2-8,10,16H,9,11H2,1H3,(H,20,22)(H,21,23). The van der Waals surface area contributed by atoms with Gasteiger partial charge in [-0.3, -0.25) is 9.59 Å². The number of hydrogen-bond donors (Lipinski definition) is 2. The molecular weight excluding hydrogens is 336 g/mol. The summed E-state index contributed by atoms with van der Waals surface area (Å²) in [5, 5.41) is 5.37. The maximum absolute atomic E-state index is 12.5. The lowest BCUT2D eigenvalue weighted by atomic mass is 9.98. The Kier molecular flexibility index (Phi) is 5.28. The number of benzene rings is 2. The summed E-state index contributed by atoms with van der Waals surface area (Å²) >= 11 is 0. The van der Waals surface area contributed by atoms with Crippen LogP contribution in [0.5, 0.6) is 0 Å². The minimum absolute atomic E-state index is 0.0615. The number of cyclic esters (lactones) is 1. The third-order valence-corrected chi connectivity index (χ3v) is 3.87. The van der Waals surface area contributed by atoms with Gasteiger partial charge < -0.3 is 20.1 Å². The summed E-state index contributed by atoms with van der Waals surface area (Å²) in [5.41, 5.74) is 2.28. The number of esters is 1. The van der Waals surface area contributed by atoms with E-state index in [4.69, 9.17) is 9.47 Å². The zero-order valence-electron chi connectivity index (χ0n) is 14.2. The van der Waals surface area contributed by atoms with Gasteiger partial charge in [0.1, 0.15) is 6.61 Å². The fraction of sp³-hybridized carbons (Fsp3) is 0.211. The average Bonchev–Trinajstić information content (AvgIpc) is 2.62. The highest BCUT2D eigenvalue weighted by Gasteiger charge is 2.31. The first-order chi connectivity index (χ1) is 12.6. The second-order valence-electron chi connectivity index (χ2n) is 5.81. The zero-order chi connectivity index (χ0) is 18.5. The number of hydrogen-bond acceptors (Lipinski definition) is 5. The number of carbonyl (C=O) groups is 3. The van der Waals surface area contributed by atoms with Crippen molar-refractivity contribution >= 4 is 29.2 Å². The van der Waals surface area contributed by atoms with Gasteiger partial charge in [-0.05, 0) is 29.8 Å². The molecule has 3 rings (SSSR count). The molecule has 0 bridgehead atoms. The summed E-state index contributed by atoms with van der Waals surface area (Å²) in [5.74, 6) is -1.23. The van der Waals surface area contributed by atoms with Crippen LogP contribution in [0.3, 0.4) is 0 Å². The van der Waals surface area contributed by atoms with Gasteiger partial charge in [-0.25, -0.2) is 4.79 Å². The van der Waals surface area contributed by atoms with E-state index in [-0.39, 0.29) is 12.5 Å². The molecule has 7 nitrogen and oxygen atoms in total. The first-order valence-electron chi connectivity index (χ1n) is 8.05. The number of ether oxygens (including phenoxy) is 2. The van der Waals surface area contributed by atoms with E-state index in [1.54, 1.807) is 36.4 Å². The van der Waals surface area contributed by atoms with Gasteiger partial charge >= 0.3 is 5.97 Å². The Labute approximate surface area is 150 Å². The van der Waals surface area contributed by atoms with Crippen molar-refractivity contribution in [3.05, 3.63) is 59.7 Å². The van der Waals surface area contributed by atoms with Gasteiger partial charge in [0.15, 0.2) is 6.10 Å². The van der Waals surface area contributed by atoms with Crippen LogP contribution in [0.15, 0.2) is 48.5 Å². The Morgan fingerprint density at radius 2 is 1.85 bits per heavy atom. The van der Waals surface area contributed by atoms with Gasteiger partial charge in [0.2, 0.25) is 5.91 Å². The monoisotopic (exact) mass is 354 g/mol. The van der Waals surface area contributed by atoms with E-state index in [0.717, 1.165) is 5.56 Å². The molecule has 1 aliphatic rings. The van der Waals surface area contributed by atoms with E-state index in [1.807, 2.05) is 12.1 Å². The van der Waals surface area contributed by atoms with Crippen molar-refractivity contribution < 1.29 is 23.9 Å². The normalized spacial score (nSPS) is 15.6. The van der Waals surface area contributed by atoms with E-state index < -0.39 is 18.0 Å². The Morgan fingerprint density at radius 3 is 2.62 bits per heavy atom. The van der Waals surface area contributed by atoms with Crippen LogP contribution in [-0.4, -0.2) is 37.6 Å². The topological polar surface area (TPSA) is 93.7 Å². The van der Waals surface area contributed by atoms with Crippen LogP contribution in [0, 0.1) is 0 Å². The first kappa shape index (κ1) is 17.6. The second-order valence-corrected chi connectivity index (χ2v) is 5.81. The Morgan fingerprint density at radius 1 is 1.12 bits per heavy atom. The quantitative estimate of drug-likeness (QED) is 0.801. The van der Waals surface area contributed by atoms with E-state index >= 15 is 0 Å². The molecule has 1 atom stereocenters. The summed E-state index contributed by atoms with van der Waals surface area (Å²) in [7, 11) is 1.43. The SMILES string of the molecule is COCC(=O)Nc1cccc(NC(=O)C2Cc3ccccc3C(=O)O2)c1. The number of anilines is 2. The van der Waals surface area contributed by atoms with Crippen LogP contribution < -0.4 is 10.6 Å². The van der Waals surface area contributed by atoms with Crippen molar-refractivity contribution in [2.45, 2.75) is 12.5 Å². The molecule has 0 spiro atoms. The Hall–Kier alpha value is -3.19. The molecule has 2 aromatic rings. The minimum Gasteiger partial charge on any atom is -0.448 e. The molecule has 0 fully saturated rings. The Balaban J connectivity index is 1.67. The highest BCUT2D eigenvalue weighted by atomic mass is 16.5. The fourth-order valence-corrected chi connectivity index (χ4v) is 2.70. The van der Waals surface area contributed by atoms with Crippen LogP contribution in [0.4, 0.5) is 11.4 Å². The van der Waals surface area contributed by atoms with E-state index in [9.17, 15) is 14.4 Å². The maximum atomic E-state index is 12.5. The molecule has 134 valence electrons. The lowest BCUT2D eigenvalue weighted by Crippen LogP contribution is -2.37. The van der Waals surface area contributed by atoms with Crippen molar-refractivity contribution in [2.24, 2.45) is 0 Å². The summed E-state index contributed by atoms with van der Waals surface area (Å²) < 4.78 is 9.99. The highest BCUT2D eigenvalue weighted by molar-refractivity contribution is 6.00. The smallest absolute Gasteiger partial charge is 0.339 e. The van der Waals surface area contributed by atoms with Crippen LogP contribution >= 0.6 is 0 Å². The zero-order valence-corrected chi connectivity index (χ0v) is 14.2. The lowest BCUT2D eigenvalue weighted by molar-refractivity contribution is -0.125. The largest absolute Gasteiger partial charge is 0.448 e. The van der Waals surface area contributed by atoms with Gasteiger partial charge in [0, 0.05) is 24.9 Å². The summed E-state index contributed by atoms with van der Waals surface area (Å²) in [6.07, 6.45) is -0.581. The molecule has 2 aromatic carbocycles. The van der Waals surface area contributed by atoms with Gasteiger partial charge in [-0.2, -0.15) is 0 Å². The average molecular weight is 354 g/mol. The summed E-state index contributed by atoms with van der Waals surface area (Å²) in [6, 6.07) is 13.7. The molecule has 1 unspecified atom stereocenters. The van der Waals surface area contributed by atoms with Gasteiger partial charge in [0.25, 0.3) is 5.91 Å². The van der Waals surface area contributed by atoms with Crippen LogP contribution in [0.25, 0.3) is 0 Å². The Bertz CT molecular complexity index is 849. The third kappa shape index (κ3) is 4.07. The number of fused-ring (bicyclic) bond motifs is 1. The van der Waals surface area contributed by atoms with Gasteiger partial charge in [-0.15, -0.1) is 0 Å². The second kappa shape index (κ2) is 7.79. The number of nitrogens with one attached hydrogen (secondary N) is 2. The van der Waals surface area contributed by atoms with Crippen LogP contribution in [-0.2, 0) is 25.5 Å². The van der Waals surface area contributed by atoms with Crippen molar-refractivity contribution in [3.8, 4) is 0 Å². The van der Waals surface area contributed by atoms with E-state index in [2.05, 4.69) is 10.6 Å². The number of carbonyl (C=O) groups excluding carboxylic acids is 3. The third-order valence-electron chi connectivity index (χ3n) is 3.87. The molecular formula is C19H18N2O5. The van der Waals surface area contributed by atoms with Crippen LogP contribution in [0.1, 0.15) is 15.9 Å². The van der Waals surface area contributed by atoms with Crippen molar-refractivity contribution in [2.75, 3.05) is 24.4 Å². The molecule has 0 saturated carbocycles. The minimum atomic E-state index is -0.899. The van der Waals surface area contributed by atoms with E-state index in [1.165, 1.54) is 7.11 Å². The molecule has 0 saturated heterocycles. The number of rotatable bonds is 5. The lowest BCUT2D eigenvalue weighted by Gasteiger charge is -2.23. The van der Waals surface area contributed by atoms with E-state index in [0.29, 0.717) is 23.4 Å². The number of amides is 2. The number of methoxy groups -OCH3 is 1. The summed E-state index contributed by atoms with van der Waals surface area (Å²) in [4.78, 5) is 36.1.